The zero-order chi connectivity index (χ0) is 11.7. The summed E-state index contributed by atoms with van der Waals surface area (Å²) in [6.45, 7) is 12.5. The van der Waals surface area contributed by atoms with E-state index in [1.165, 1.54) is 0 Å². The number of nitrogens with zero attached hydrogens (tertiary/aromatic N) is 1. The smallest absolute Gasteiger partial charge is 0.0694 e. The van der Waals surface area contributed by atoms with E-state index in [1.807, 2.05) is 20.9 Å². The van der Waals surface area contributed by atoms with Crippen molar-refractivity contribution in [3.63, 3.8) is 0 Å². The molecule has 0 spiro atoms. The SMILES string of the molecule is CC(C)C(C)(N)N(C)C(C)(N)C(C)C. The summed E-state index contributed by atoms with van der Waals surface area (Å²) < 4.78 is 0. The van der Waals surface area contributed by atoms with E-state index >= 15 is 0 Å². The first kappa shape index (κ1) is 13.9. The monoisotopic (exact) mass is 201 g/mol. The van der Waals surface area contributed by atoms with E-state index in [-0.39, 0.29) is 11.3 Å². The molecule has 0 aromatic rings. The quantitative estimate of drug-likeness (QED) is 0.679. The molecule has 0 aromatic carbocycles. The van der Waals surface area contributed by atoms with Crippen LogP contribution in [0, 0.1) is 11.8 Å². The Balaban J connectivity index is 4.85. The van der Waals surface area contributed by atoms with Gasteiger partial charge in [0.1, 0.15) is 0 Å². The standard InChI is InChI=1S/C11H27N3/c1-8(2)10(5,12)14(7)11(6,13)9(3)4/h8-9H,12-13H2,1-7H3. The van der Waals surface area contributed by atoms with Gasteiger partial charge >= 0.3 is 0 Å². The fourth-order valence-corrected chi connectivity index (χ4v) is 1.29. The molecule has 3 nitrogen and oxygen atoms in total. The van der Waals surface area contributed by atoms with Crippen LogP contribution < -0.4 is 11.5 Å². The van der Waals surface area contributed by atoms with E-state index in [0.29, 0.717) is 11.8 Å². The molecule has 0 aliphatic carbocycles. The molecule has 14 heavy (non-hydrogen) atoms. The predicted molar refractivity (Wildman–Crippen MR) is 62.6 cm³/mol. The van der Waals surface area contributed by atoms with Gasteiger partial charge in [0.15, 0.2) is 0 Å². The first-order valence-corrected chi connectivity index (χ1v) is 5.36. The molecule has 2 atom stereocenters. The van der Waals surface area contributed by atoms with Crippen molar-refractivity contribution in [2.24, 2.45) is 23.3 Å². The van der Waals surface area contributed by atoms with Crippen LogP contribution in [0.2, 0.25) is 0 Å². The van der Waals surface area contributed by atoms with Gasteiger partial charge < -0.3 is 11.5 Å². The fraction of sp³-hybridized carbons (Fsp3) is 1.00. The van der Waals surface area contributed by atoms with Crippen LogP contribution in [0.1, 0.15) is 41.5 Å². The van der Waals surface area contributed by atoms with E-state index in [2.05, 4.69) is 32.6 Å². The Morgan fingerprint density at radius 3 is 1.21 bits per heavy atom. The van der Waals surface area contributed by atoms with Gasteiger partial charge in [-0.3, -0.25) is 4.90 Å². The Bertz CT molecular complexity index is 163. The minimum atomic E-state index is -0.367. The number of rotatable bonds is 4. The molecule has 4 N–H and O–H groups in total. The zero-order valence-corrected chi connectivity index (χ0v) is 10.8. The lowest BCUT2D eigenvalue weighted by Gasteiger charge is -2.49. The Morgan fingerprint density at radius 2 is 1.07 bits per heavy atom. The molecule has 0 rings (SSSR count). The van der Waals surface area contributed by atoms with Gasteiger partial charge in [-0.25, -0.2) is 0 Å². The number of hydrogen-bond donors (Lipinski definition) is 2. The van der Waals surface area contributed by atoms with Crippen LogP contribution in [0.5, 0.6) is 0 Å². The second-order valence-corrected chi connectivity index (χ2v) is 5.32. The number of nitrogens with two attached hydrogens (primary N) is 2. The molecule has 0 saturated heterocycles. The van der Waals surface area contributed by atoms with Crippen LogP contribution in [0.25, 0.3) is 0 Å². The third-order valence-electron chi connectivity index (χ3n) is 3.78. The van der Waals surface area contributed by atoms with E-state index in [1.54, 1.807) is 0 Å². The highest BCUT2D eigenvalue weighted by Gasteiger charge is 2.39. The molecule has 0 radical (unpaired) electrons. The van der Waals surface area contributed by atoms with Crippen molar-refractivity contribution in [1.82, 2.24) is 4.90 Å². The summed E-state index contributed by atoms with van der Waals surface area (Å²) in [5.74, 6) is 0.739. The van der Waals surface area contributed by atoms with Crippen molar-refractivity contribution >= 4 is 0 Å². The van der Waals surface area contributed by atoms with Gasteiger partial charge in [0.25, 0.3) is 0 Å². The molecule has 2 unspecified atom stereocenters. The summed E-state index contributed by atoms with van der Waals surface area (Å²) in [6, 6.07) is 0. The molecule has 0 aromatic heterocycles. The number of hydrogen-bond acceptors (Lipinski definition) is 3. The molecule has 86 valence electrons. The summed E-state index contributed by atoms with van der Waals surface area (Å²) in [5, 5.41) is 0. The van der Waals surface area contributed by atoms with Gasteiger partial charge in [-0.1, -0.05) is 27.7 Å². The first-order valence-electron chi connectivity index (χ1n) is 5.36. The fourth-order valence-electron chi connectivity index (χ4n) is 1.29. The van der Waals surface area contributed by atoms with Crippen molar-refractivity contribution < 1.29 is 0 Å². The molecule has 3 heteroatoms. The maximum absolute atomic E-state index is 6.27. The zero-order valence-electron chi connectivity index (χ0n) is 10.8. The second kappa shape index (κ2) is 4.17. The largest absolute Gasteiger partial charge is 0.313 e. The topological polar surface area (TPSA) is 55.3 Å². The van der Waals surface area contributed by atoms with Gasteiger partial charge in [-0.15, -0.1) is 0 Å². The highest BCUT2D eigenvalue weighted by molar-refractivity contribution is 4.91. The highest BCUT2D eigenvalue weighted by atomic mass is 15.4. The van der Waals surface area contributed by atoms with E-state index in [0.717, 1.165) is 0 Å². The molecule has 0 fully saturated rings. The minimum absolute atomic E-state index is 0.367. The Labute approximate surface area is 88.8 Å². The summed E-state index contributed by atoms with van der Waals surface area (Å²) in [7, 11) is 2.00. The van der Waals surface area contributed by atoms with Crippen molar-refractivity contribution in [3.8, 4) is 0 Å². The van der Waals surface area contributed by atoms with Crippen LogP contribution in [-0.2, 0) is 0 Å². The summed E-state index contributed by atoms with van der Waals surface area (Å²) in [4.78, 5) is 2.08. The van der Waals surface area contributed by atoms with Gasteiger partial charge in [0.05, 0.1) is 11.3 Å². The van der Waals surface area contributed by atoms with Crippen LogP contribution in [0.4, 0.5) is 0 Å². The normalized spacial score (nSPS) is 21.4. The molecule has 0 aliphatic heterocycles. The molecular weight excluding hydrogens is 174 g/mol. The van der Waals surface area contributed by atoms with E-state index < -0.39 is 0 Å². The maximum Gasteiger partial charge on any atom is 0.0694 e. The maximum atomic E-state index is 6.27. The lowest BCUT2D eigenvalue weighted by Crippen LogP contribution is -2.68. The summed E-state index contributed by atoms with van der Waals surface area (Å²) >= 11 is 0. The van der Waals surface area contributed by atoms with Gasteiger partial charge in [-0.2, -0.15) is 0 Å². The van der Waals surface area contributed by atoms with Gasteiger partial charge in [0, 0.05) is 0 Å². The van der Waals surface area contributed by atoms with Crippen LogP contribution in [-0.4, -0.2) is 23.3 Å². The molecule has 0 bridgehead atoms. The van der Waals surface area contributed by atoms with Gasteiger partial charge in [0.2, 0.25) is 0 Å². The minimum Gasteiger partial charge on any atom is -0.313 e. The van der Waals surface area contributed by atoms with E-state index in [4.69, 9.17) is 11.5 Å². The lowest BCUT2D eigenvalue weighted by atomic mass is 9.89. The van der Waals surface area contributed by atoms with Crippen molar-refractivity contribution in [1.29, 1.82) is 0 Å². The highest BCUT2D eigenvalue weighted by Crippen LogP contribution is 2.27. The first-order chi connectivity index (χ1) is 6.04. The second-order valence-electron chi connectivity index (χ2n) is 5.32. The molecule has 0 heterocycles. The lowest BCUT2D eigenvalue weighted by molar-refractivity contribution is -0.0258. The van der Waals surface area contributed by atoms with Crippen LogP contribution in [0.3, 0.4) is 0 Å². The third kappa shape index (κ3) is 2.47. The average Bonchev–Trinajstić information content (AvgIpc) is 2.02. The Morgan fingerprint density at radius 1 is 0.857 bits per heavy atom. The van der Waals surface area contributed by atoms with Crippen LogP contribution >= 0.6 is 0 Å². The van der Waals surface area contributed by atoms with Crippen molar-refractivity contribution in [2.75, 3.05) is 7.05 Å². The Kier molecular flexibility index (Phi) is 4.13. The van der Waals surface area contributed by atoms with E-state index in [9.17, 15) is 0 Å². The molecule has 0 amide bonds. The molecular formula is C11H27N3. The third-order valence-corrected chi connectivity index (χ3v) is 3.78. The summed E-state index contributed by atoms with van der Waals surface area (Å²) in [6.07, 6.45) is 0. The van der Waals surface area contributed by atoms with Crippen LogP contribution in [0.15, 0.2) is 0 Å². The molecule has 0 saturated carbocycles. The predicted octanol–water partition coefficient (Wildman–Crippen LogP) is 1.58. The van der Waals surface area contributed by atoms with Crippen molar-refractivity contribution in [2.45, 2.75) is 52.9 Å². The summed E-state index contributed by atoms with van der Waals surface area (Å²) in [5.41, 5.74) is 11.8. The molecule has 0 aliphatic rings. The average molecular weight is 201 g/mol. The van der Waals surface area contributed by atoms with Crippen molar-refractivity contribution in [3.05, 3.63) is 0 Å². The Hall–Kier alpha value is -0.120. The van der Waals surface area contributed by atoms with Gasteiger partial charge in [-0.05, 0) is 32.7 Å².